The van der Waals surface area contributed by atoms with Crippen molar-refractivity contribution < 1.29 is 9.47 Å². The number of benzene rings is 2. The molecule has 31 heavy (non-hydrogen) atoms. The lowest BCUT2D eigenvalue weighted by Crippen LogP contribution is -2.19. The quantitative estimate of drug-likeness (QED) is 0.599. The Labute approximate surface area is 182 Å². The van der Waals surface area contributed by atoms with Crippen LogP contribution in [0.25, 0.3) is 0 Å². The summed E-state index contributed by atoms with van der Waals surface area (Å²) in [5.74, 6) is 2.11. The van der Waals surface area contributed by atoms with Crippen molar-refractivity contribution >= 4 is 17.2 Å². The Morgan fingerprint density at radius 1 is 0.806 bits per heavy atom. The predicted octanol–water partition coefficient (Wildman–Crippen LogP) is 4.88. The number of aryl methyl sites for hydroxylation is 1. The molecule has 0 unspecified atom stereocenters. The molecule has 0 fully saturated rings. The van der Waals surface area contributed by atoms with E-state index < -0.39 is 0 Å². The summed E-state index contributed by atoms with van der Waals surface area (Å²) in [6.45, 7) is 7.20. The molecule has 0 radical (unpaired) electrons. The van der Waals surface area contributed by atoms with Gasteiger partial charge in [0.2, 0.25) is 0 Å². The lowest BCUT2D eigenvalue weighted by atomic mass is 9.97. The van der Waals surface area contributed by atoms with Gasteiger partial charge in [-0.25, -0.2) is 4.99 Å². The molecule has 1 aliphatic rings. The third kappa shape index (κ3) is 4.43. The zero-order valence-electron chi connectivity index (χ0n) is 18.1. The number of amidine groups is 1. The number of nitrogens with one attached hydrogen (secondary N) is 1. The van der Waals surface area contributed by atoms with Gasteiger partial charge in [0.05, 0.1) is 18.9 Å². The third-order valence-corrected chi connectivity index (χ3v) is 5.00. The summed E-state index contributed by atoms with van der Waals surface area (Å²) in [5, 5.41) is 4.76. The molecule has 1 aliphatic heterocycles. The van der Waals surface area contributed by atoms with Crippen LogP contribution in [-0.2, 0) is 6.42 Å². The molecular weight excluding hydrogens is 388 g/mol. The second kappa shape index (κ2) is 9.43. The zero-order chi connectivity index (χ0) is 21.6. The summed E-state index contributed by atoms with van der Waals surface area (Å²) in [6, 6.07) is 16.1. The van der Waals surface area contributed by atoms with Crippen LogP contribution < -0.4 is 14.9 Å². The first kappa shape index (κ1) is 20.6. The van der Waals surface area contributed by atoms with E-state index in [1.165, 1.54) is 5.56 Å². The van der Waals surface area contributed by atoms with Gasteiger partial charge >= 0.3 is 0 Å². The van der Waals surface area contributed by atoms with Crippen LogP contribution in [-0.4, -0.2) is 29.7 Å². The summed E-state index contributed by atoms with van der Waals surface area (Å²) in [5.41, 5.74) is 8.88. The number of fused-ring (bicyclic) bond motifs is 1. The molecule has 0 aliphatic carbocycles. The molecule has 6 heteroatoms. The van der Waals surface area contributed by atoms with Crippen LogP contribution in [0.15, 0.2) is 71.0 Å². The van der Waals surface area contributed by atoms with Gasteiger partial charge in [-0.15, -0.1) is 0 Å². The monoisotopic (exact) mass is 414 g/mol. The molecule has 0 amide bonds. The first-order chi connectivity index (χ1) is 15.2. The Balaban J connectivity index is 1.84. The molecule has 0 saturated carbocycles. The van der Waals surface area contributed by atoms with Crippen molar-refractivity contribution in [3.05, 3.63) is 83.2 Å². The first-order valence-corrected chi connectivity index (χ1v) is 10.6. The van der Waals surface area contributed by atoms with Crippen molar-refractivity contribution in [3.8, 4) is 11.5 Å². The van der Waals surface area contributed by atoms with Crippen molar-refractivity contribution in [2.24, 2.45) is 10.1 Å². The maximum absolute atomic E-state index is 5.84. The molecule has 6 nitrogen and oxygen atoms in total. The largest absolute Gasteiger partial charge is 0.490 e. The molecule has 4 rings (SSSR count). The van der Waals surface area contributed by atoms with Crippen LogP contribution >= 0.6 is 0 Å². The van der Waals surface area contributed by atoms with E-state index in [1.54, 1.807) is 12.4 Å². The summed E-state index contributed by atoms with van der Waals surface area (Å²) < 4.78 is 11.6. The van der Waals surface area contributed by atoms with Gasteiger partial charge in [-0.1, -0.05) is 13.0 Å². The van der Waals surface area contributed by atoms with Crippen molar-refractivity contribution in [1.82, 2.24) is 10.4 Å². The highest BCUT2D eigenvalue weighted by atomic mass is 16.5. The van der Waals surface area contributed by atoms with Crippen molar-refractivity contribution in [3.63, 3.8) is 0 Å². The minimum absolute atomic E-state index is 0.556. The number of hydrogen-bond donors (Lipinski definition) is 1. The smallest absolute Gasteiger partial charge is 0.161 e. The van der Waals surface area contributed by atoms with Crippen molar-refractivity contribution in [1.29, 1.82) is 0 Å². The number of hydrogen-bond acceptors (Lipinski definition) is 6. The van der Waals surface area contributed by atoms with Crippen LogP contribution in [0.1, 0.15) is 43.0 Å². The Hall–Kier alpha value is -3.67. The van der Waals surface area contributed by atoms with E-state index in [2.05, 4.69) is 35.5 Å². The van der Waals surface area contributed by atoms with Gasteiger partial charge in [0.15, 0.2) is 17.3 Å². The number of aliphatic imine (C=N–C) groups is 1. The van der Waals surface area contributed by atoms with E-state index in [0.29, 0.717) is 24.8 Å². The maximum atomic E-state index is 5.84. The lowest BCUT2D eigenvalue weighted by Gasteiger charge is -2.14. The number of nitrogens with zero attached hydrogens (tertiary/aromatic N) is 3. The average Bonchev–Trinajstić information content (AvgIpc) is 3.00. The molecule has 2 heterocycles. The fraction of sp³-hybridized carbons (Fsp3) is 0.240. The van der Waals surface area contributed by atoms with Crippen LogP contribution in [0.3, 0.4) is 0 Å². The second-order valence-corrected chi connectivity index (χ2v) is 7.00. The van der Waals surface area contributed by atoms with Gasteiger partial charge in [0, 0.05) is 29.1 Å². The fourth-order valence-electron chi connectivity index (χ4n) is 3.46. The molecule has 0 atom stereocenters. The van der Waals surface area contributed by atoms with Gasteiger partial charge in [0.1, 0.15) is 5.71 Å². The standard InChI is InChI=1S/C25H26N4O2/c1-4-17-7-9-21-20(15-17)24(28-29-25(27-21)18-11-13-26-14-12-18)19-8-10-22(30-5-2)23(16-19)31-6-3/h7-16H,4-6H2,1-3H3,(H,27,29). The number of pyridine rings is 1. The van der Waals surface area contributed by atoms with Crippen LogP contribution in [0.2, 0.25) is 0 Å². The molecule has 2 aromatic carbocycles. The molecule has 0 bridgehead atoms. The average molecular weight is 415 g/mol. The minimum Gasteiger partial charge on any atom is -0.490 e. The van der Waals surface area contributed by atoms with E-state index in [0.717, 1.165) is 40.3 Å². The van der Waals surface area contributed by atoms with Gasteiger partial charge < -0.3 is 9.47 Å². The fourth-order valence-corrected chi connectivity index (χ4v) is 3.46. The molecule has 0 spiro atoms. The molecule has 3 aromatic rings. The highest BCUT2D eigenvalue weighted by Gasteiger charge is 2.19. The topological polar surface area (TPSA) is 68.1 Å². The summed E-state index contributed by atoms with van der Waals surface area (Å²) >= 11 is 0. The predicted molar refractivity (Wildman–Crippen MR) is 124 cm³/mol. The second-order valence-electron chi connectivity index (χ2n) is 7.00. The number of rotatable bonds is 7. The number of aromatic nitrogens is 1. The van der Waals surface area contributed by atoms with E-state index >= 15 is 0 Å². The normalized spacial score (nSPS) is 12.7. The molecule has 1 N–H and O–H groups in total. The Morgan fingerprint density at radius 3 is 2.32 bits per heavy atom. The molecule has 158 valence electrons. The summed E-state index contributed by atoms with van der Waals surface area (Å²) in [6.07, 6.45) is 4.43. The van der Waals surface area contributed by atoms with Gasteiger partial charge in [-0.05, 0) is 68.3 Å². The summed E-state index contributed by atoms with van der Waals surface area (Å²) in [7, 11) is 0. The molecule has 1 aromatic heterocycles. The van der Waals surface area contributed by atoms with Crippen LogP contribution in [0.5, 0.6) is 11.5 Å². The van der Waals surface area contributed by atoms with E-state index in [-0.39, 0.29) is 0 Å². The maximum Gasteiger partial charge on any atom is 0.161 e. The number of hydrazone groups is 1. The van der Waals surface area contributed by atoms with E-state index in [4.69, 9.17) is 19.6 Å². The lowest BCUT2D eigenvalue weighted by molar-refractivity contribution is 0.287. The van der Waals surface area contributed by atoms with Gasteiger partial charge in [0.25, 0.3) is 0 Å². The number of ether oxygens (including phenoxy) is 2. The van der Waals surface area contributed by atoms with E-state index in [1.807, 2.05) is 44.2 Å². The van der Waals surface area contributed by atoms with Gasteiger partial charge in [-0.3, -0.25) is 10.4 Å². The molecule has 0 saturated heterocycles. The Bertz CT molecular complexity index is 1120. The Kier molecular flexibility index (Phi) is 6.26. The first-order valence-electron chi connectivity index (χ1n) is 10.6. The third-order valence-electron chi connectivity index (χ3n) is 5.00. The van der Waals surface area contributed by atoms with Gasteiger partial charge in [-0.2, -0.15) is 5.10 Å². The van der Waals surface area contributed by atoms with Crippen molar-refractivity contribution in [2.75, 3.05) is 13.2 Å². The SMILES string of the molecule is CCOc1ccc(C2=NNC(c3ccncc3)=Nc3ccc(CC)cc32)cc1OCC. The molecular formula is C25H26N4O2. The van der Waals surface area contributed by atoms with E-state index in [9.17, 15) is 0 Å². The Morgan fingerprint density at radius 2 is 1.58 bits per heavy atom. The summed E-state index contributed by atoms with van der Waals surface area (Å²) in [4.78, 5) is 8.97. The van der Waals surface area contributed by atoms with Crippen LogP contribution in [0.4, 0.5) is 5.69 Å². The van der Waals surface area contributed by atoms with Crippen LogP contribution in [0, 0.1) is 0 Å². The highest BCUT2D eigenvalue weighted by Crippen LogP contribution is 2.32. The highest BCUT2D eigenvalue weighted by molar-refractivity contribution is 6.18. The zero-order valence-corrected chi connectivity index (χ0v) is 18.1. The van der Waals surface area contributed by atoms with Crippen molar-refractivity contribution in [2.45, 2.75) is 27.2 Å². The minimum atomic E-state index is 0.556.